The Labute approximate surface area is 197 Å². The van der Waals surface area contributed by atoms with Gasteiger partial charge in [0.25, 0.3) is 0 Å². The zero-order valence-electron chi connectivity index (χ0n) is 19.4. The molecule has 0 spiro atoms. The van der Waals surface area contributed by atoms with Gasteiger partial charge < -0.3 is 15.5 Å². The summed E-state index contributed by atoms with van der Waals surface area (Å²) in [6, 6.07) is 0. The molecule has 0 aromatic heterocycles. The Balaban J connectivity index is 1.57. The lowest BCUT2D eigenvalue weighted by atomic mass is 9.60. The minimum absolute atomic E-state index is 0.0768. The van der Waals surface area contributed by atoms with Gasteiger partial charge in [-0.25, -0.2) is 0 Å². The highest BCUT2D eigenvalue weighted by molar-refractivity contribution is 9.09. The highest BCUT2D eigenvalue weighted by Crippen LogP contribution is 2.59. The molecule has 3 saturated carbocycles. The lowest BCUT2D eigenvalue weighted by Crippen LogP contribution is -2.36. The van der Waals surface area contributed by atoms with Crippen LogP contribution in [0.5, 0.6) is 0 Å². The topological polar surface area (TPSA) is 69.6 Å². The molecule has 3 aliphatic carbocycles. The third-order valence-corrected chi connectivity index (χ3v) is 8.84. The van der Waals surface area contributed by atoms with E-state index in [0.29, 0.717) is 35.9 Å². The number of aliphatic hydroxyl groups is 2. The predicted octanol–water partition coefficient (Wildman–Crippen LogP) is 5.28. The average Bonchev–Trinajstić information content (AvgIpc) is 3.08. The third-order valence-electron chi connectivity index (χ3n) is 8.33. The van der Waals surface area contributed by atoms with Crippen LogP contribution in [0.4, 0.5) is 0 Å². The number of fused-ring (bicyclic) bond motifs is 1. The van der Waals surface area contributed by atoms with Gasteiger partial charge in [-0.3, -0.25) is 4.79 Å². The van der Waals surface area contributed by atoms with Gasteiger partial charge in [-0.1, -0.05) is 65.9 Å². The van der Waals surface area contributed by atoms with Gasteiger partial charge in [0.1, 0.15) is 0 Å². The summed E-state index contributed by atoms with van der Waals surface area (Å²) in [7, 11) is 0. The van der Waals surface area contributed by atoms with E-state index in [9.17, 15) is 15.0 Å². The molecule has 176 valence electrons. The quantitative estimate of drug-likeness (QED) is 0.316. The van der Waals surface area contributed by atoms with Gasteiger partial charge in [-0.05, 0) is 81.0 Å². The summed E-state index contributed by atoms with van der Waals surface area (Å²) in [5, 5.41) is 23.3. The summed E-state index contributed by atoms with van der Waals surface area (Å²) in [5.41, 5.74) is 3.20. The molecule has 0 aromatic carbocycles. The molecule has 4 nitrogen and oxygen atoms in total. The summed E-state index contributed by atoms with van der Waals surface area (Å²) in [5.74, 6) is 2.27. The van der Waals surface area contributed by atoms with E-state index in [4.69, 9.17) is 0 Å². The number of hydrogen-bond acceptors (Lipinski definition) is 3. The molecule has 1 amide bonds. The molecule has 3 N–H and O–H groups in total. The van der Waals surface area contributed by atoms with E-state index < -0.39 is 12.2 Å². The van der Waals surface area contributed by atoms with Gasteiger partial charge in [0.05, 0.1) is 17.5 Å². The zero-order chi connectivity index (χ0) is 22.4. The van der Waals surface area contributed by atoms with E-state index in [1.807, 2.05) is 0 Å². The fourth-order valence-electron chi connectivity index (χ4n) is 6.81. The van der Waals surface area contributed by atoms with E-state index in [0.717, 1.165) is 24.8 Å². The molecule has 0 aliphatic heterocycles. The van der Waals surface area contributed by atoms with Gasteiger partial charge in [-0.2, -0.15) is 0 Å². The monoisotopic (exact) mass is 495 g/mol. The Morgan fingerprint density at radius 1 is 1.23 bits per heavy atom. The first-order valence-corrected chi connectivity index (χ1v) is 13.5. The van der Waals surface area contributed by atoms with Gasteiger partial charge in [-0.15, -0.1) is 0 Å². The van der Waals surface area contributed by atoms with Crippen molar-refractivity contribution in [3.63, 3.8) is 0 Å². The van der Waals surface area contributed by atoms with E-state index >= 15 is 0 Å². The number of aliphatic hydroxyl groups excluding tert-OH is 2. The molecule has 0 heterocycles. The first kappa shape index (κ1) is 25.0. The molecule has 0 aromatic rings. The minimum Gasteiger partial charge on any atom is -0.393 e. The SMILES string of the molecule is C[C@H](CCCCNC(=O)CBr)[C@H]1CC[C@H]2/C(=C\C=C3C[C@@H](O)C[C@H](O)C3)CCC[C@]12C. The smallest absolute Gasteiger partial charge is 0.230 e. The first-order chi connectivity index (χ1) is 14.8. The second-order valence-corrected chi connectivity index (χ2v) is 11.1. The second-order valence-electron chi connectivity index (χ2n) is 10.6. The van der Waals surface area contributed by atoms with Crippen LogP contribution in [0.3, 0.4) is 0 Å². The van der Waals surface area contributed by atoms with Crippen LogP contribution in [0.2, 0.25) is 0 Å². The number of rotatable bonds is 8. The van der Waals surface area contributed by atoms with Crippen molar-refractivity contribution >= 4 is 21.8 Å². The molecule has 3 aliphatic rings. The largest absolute Gasteiger partial charge is 0.393 e. The lowest BCUT2D eigenvalue weighted by Gasteiger charge is -2.44. The number of halogens is 1. The van der Waals surface area contributed by atoms with E-state index in [1.165, 1.54) is 50.5 Å². The van der Waals surface area contributed by atoms with Crippen LogP contribution in [0.15, 0.2) is 23.3 Å². The molecule has 0 bridgehead atoms. The van der Waals surface area contributed by atoms with Crippen LogP contribution < -0.4 is 5.32 Å². The van der Waals surface area contributed by atoms with Crippen molar-refractivity contribution in [2.75, 3.05) is 11.9 Å². The maximum absolute atomic E-state index is 11.3. The van der Waals surface area contributed by atoms with Crippen LogP contribution in [-0.2, 0) is 4.79 Å². The fourth-order valence-corrected chi connectivity index (χ4v) is 7.01. The second kappa shape index (κ2) is 11.5. The van der Waals surface area contributed by atoms with Crippen molar-refractivity contribution in [3.8, 4) is 0 Å². The summed E-state index contributed by atoms with van der Waals surface area (Å²) < 4.78 is 0. The fraction of sp³-hybridized carbons (Fsp3) is 0.808. The Kier molecular flexibility index (Phi) is 9.24. The van der Waals surface area contributed by atoms with Gasteiger partial charge in [0.2, 0.25) is 5.91 Å². The van der Waals surface area contributed by atoms with E-state index in [2.05, 4.69) is 47.2 Å². The van der Waals surface area contributed by atoms with Crippen LogP contribution in [0, 0.1) is 23.2 Å². The van der Waals surface area contributed by atoms with Crippen molar-refractivity contribution < 1.29 is 15.0 Å². The number of amides is 1. The number of unbranched alkanes of at least 4 members (excludes halogenated alkanes) is 1. The molecule has 3 rings (SSSR count). The molecule has 6 atom stereocenters. The third kappa shape index (κ3) is 6.45. The van der Waals surface area contributed by atoms with Crippen LogP contribution in [0.1, 0.15) is 84.5 Å². The number of hydrogen-bond donors (Lipinski definition) is 3. The van der Waals surface area contributed by atoms with Crippen molar-refractivity contribution in [3.05, 3.63) is 23.3 Å². The molecule has 0 saturated heterocycles. The van der Waals surface area contributed by atoms with Crippen LogP contribution in [0.25, 0.3) is 0 Å². The predicted molar refractivity (Wildman–Crippen MR) is 130 cm³/mol. The summed E-state index contributed by atoms with van der Waals surface area (Å²) in [6.45, 7) is 5.77. The van der Waals surface area contributed by atoms with Gasteiger partial charge in [0, 0.05) is 6.54 Å². The number of allylic oxidation sites excluding steroid dienone is 3. The van der Waals surface area contributed by atoms with E-state index in [-0.39, 0.29) is 5.91 Å². The van der Waals surface area contributed by atoms with Crippen LogP contribution >= 0.6 is 15.9 Å². The maximum atomic E-state index is 11.3. The first-order valence-electron chi connectivity index (χ1n) is 12.4. The summed E-state index contributed by atoms with van der Waals surface area (Å²) in [6.07, 6.45) is 15.6. The minimum atomic E-state index is -0.394. The highest BCUT2D eigenvalue weighted by atomic mass is 79.9. The molecule has 0 radical (unpaired) electrons. The molecule has 0 unspecified atom stereocenters. The van der Waals surface area contributed by atoms with E-state index in [1.54, 1.807) is 5.57 Å². The maximum Gasteiger partial charge on any atom is 0.230 e. The number of carbonyl (C=O) groups is 1. The van der Waals surface area contributed by atoms with Crippen molar-refractivity contribution in [2.24, 2.45) is 23.2 Å². The Morgan fingerprint density at radius 2 is 1.97 bits per heavy atom. The number of nitrogens with one attached hydrogen (secondary N) is 1. The summed E-state index contributed by atoms with van der Waals surface area (Å²) in [4.78, 5) is 11.3. The van der Waals surface area contributed by atoms with Crippen molar-refractivity contribution in [1.82, 2.24) is 5.32 Å². The normalized spacial score (nSPS) is 35.6. The highest BCUT2D eigenvalue weighted by Gasteiger charge is 2.50. The summed E-state index contributed by atoms with van der Waals surface area (Å²) >= 11 is 3.19. The van der Waals surface area contributed by atoms with Crippen molar-refractivity contribution in [1.29, 1.82) is 0 Å². The Morgan fingerprint density at radius 3 is 2.68 bits per heavy atom. The lowest BCUT2D eigenvalue weighted by molar-refractivity contribution is -0.118. The van der Waals surface area contributed by atoms with Crippen molar-refractivity contribution in [2.45, 2.75) is 96.7 Å². The average molecular weight is 497 g/mol. The molecule has 5 heteroatoms. The van der Waals surface area contributed by atoms with Crippen LogP contribution in [-0.4, -0.2) is 40.2 Å². The van der Waals surface area contributed by atoms with Gasteiger partial charge >= 0.3 is 0 Å². The zero-order valence-corrected chi connectivity index (χ0v) is 21.0. The Bertz CT molecular complexity index is 664. The standard InChI is InChI=1S/C26H42BrNO3/c1-18(6-3-4-13-28-25(31)17-27)23-10-11-24-20(7-5-12-26(23,24)2)9-8-19-14-21(29)16-22(30)15-19/h8-9,18,21-24,29-30H,3-7,10-17H2,1-2H3,(H,28,31)/b20-9-/t18-,21-,22-,23-,24+,26-/m1/s1. The molecular formula is C26H42BrNO3. The molecule has 31 heavy (non-hydrogen) atoms. The van der Waals surface area contributed by atoms with Gasteiger partial charge in [0.15, 0.2) is 0 Å². The number of carbonyl (C=O) groups excluding carboxylic acids is 1. The molecular weight excluding hydrogens is 454 g/mol. The molecule has 3 fully saturated rings. The number of alkyl halides is 1. The Hall–Kier alpha value is -0.650.